The van der Waals surface area contributed by atoms with Crippen LogP contribution in [0.2, 0.25) is 0 Å². The third kappa shape index (κ3) is 3.51. The minimum Gasteiger partial charge on any atom is -0.361 e. The fourth-order valence-electron chi connectivity index (χ4n) is 1.13. The van der Waals surface area contributed by atoms with Crippen molar-refractivity contribution in [3.8, 4) is 0 Å². The molecule has 13 heavy (non-hydrogen) atoms. The highest BCUT2D eigenvalue weighted by molar-refractivity contribution is 5.37. The first-order valence-electron chi connectivity index (χ1n) is 4.62. The van der Waals surface area contributed by atoms with Crippen LogP contribution in [0.15, 0.2) is 18.3 Å². The van der Waals surface area contributed by atoms with E-state index in [0.717, 1.165) is 18.8 Å². The van der Waals surface area contributed by atoms with E-state index in [2.05, 4.69) is 36.8 Å². The van der Waals surface area contributed by atoms with Crippen LogP contribution in [0, 0.1) is 0 Å². The fourth-order valence-corrected chi connectivity index (χ4v) is 1.13. The Morgan fingerprint density at radius 2 is 2.23 bits per heavy atom. The van der Waals surface area contributed by atoms with Crippen LogP contribution in [0.5, 0.6) is 0 Å². The second-order valence-corrected chi connectivity index (χ2v) is 4.22. The molecule has 0 radical (unpaired) electrons. The Morgan fingerprint density at radius 3 is 2.69 bits per heavy atom. The molecule has 1 aromatic rings. The third-order valence-corrected chi connectivity index (χ3v) is 2.08. The molecule has 1 heterocycles. The fraction of sp³-hybridized carbons (Fsp3) is 0.600. The van der Waals surface area contributed by atoms with Crippen molar-refractivity contribution in [1.29, 1.82) is 0 Å². The van der Waals surface area contributed by atoms with Crippen molar-refractivity contribution in [2.45, 2.75) is 25.8 Å². The summed E-state index contributed by atoms with van der Waals surface area (Å²) in [5.41, 5.74) is 5.82. The zero-order valence-electron chi connectivity index (χ0n) is 8.67. The maximum Gasteiger partial charge on any atom is 0.105 e. The van der Waals surface area contributed by atoms with Gasteiger partial charge in [-0.1, -0.05) is 0 Å². The maximum absolute atomic E-state index is 5.90. The summed E-state index contributed by atoms with van der Waals surface area (Å²) < 4.78 is 0. The Labute approximate surface area is 79.9 Å². The predicted octanol–water partition coefficient (Wildman–Crippen LogP) is 1.58. The van der Waals surface area contributed by atoms with E-state index >= 15 is 0 Å². The summed E-state index contributed by atoms with van der Waals surface area (Å²) in [4.78, 5) is 5.33. The second-order valence-electron chi connectivity index (χ2n) is 4.22. The van der Waals surface area contributed by atoms with Gasteiger partial charge >= 0.3 is 0 Å². The standard InChI is InChI=1S/C10H19N3/c1-10(2,11)6-8-13(3)9-5-4-7-12-9/h4-5,7,12H,6,8,11H2,1-3H3. The number of H-pyrrole nitrogens is 1. The van der Waals surface area contributed by atoms with Crippen molar-refractivity contribution in [3.63, 3.8) is 0 Å². The average molecular weight is 181 g/mol. The van der Waals surface area contributed by atoms with Crippen LogP contribution in [-0.2, 0) is 0 Å². The van der Waals surface area contributed by atoms with Crippen LogP contribution in [0.4, 0.5) is 5.82 Å². The van der Waals surface area contributed by atoms with Gasteiger partial charge in [-0.05, 0) is 32.4 Å². The molecule has 0 atom stereocenters. The van der Waals surface area contributed by atoms with Gasteiger partial charge in [0.1, 0.15) is 5.82 Å². The third-order valence-electron chi connectivity index (χ3n) is 2.08. The number of nitrogens with zero attached hydrogens (tertiary/aromatic N) is 1. The van der Waals surface area contributed by atoms with Gasteiger partial charge in [0.2, 0.25) is 0 Å². The molecule has 0 aliphatic rings. The molecule has 0 aromatic carbocycles. The highest BCUT2D eigenvalue weighted by Gasteiger charge is 2.11. The van der Waals surface area contributed by atoms with E-state index in [9.17, 15) is 0 Å². The molecule has 0 amide bonds. The van der Waals surface area contributed by atoms with Gasteiger partial charge in [-0.15, -0.1) is 0 Å². The molecular weight excluding hydrogens is 162 g/mol. The van der Waals surface area contributed by atoms with Gasteiger partial charge in [0.15, 0.2) is 0 Å². The molecule has 1 aromatic heterocycles. The van der Waals surface area contributed by atoms with Crippen LogP contribution < -0.4 is 10.6 Å². The van der Waals surface area contributed by atoms with Gasteiger partial charge in [0.05, 0.1) is 0 Å². The molecule has 0 saturated carbocycles. The summed E-state index contributed by atoms with van der Waals surface area (Å²) in [7, 11) is 2.07. The number of nitrogens with one attached hydrogen (secondary N) is 1. The van der Waals surface area contributed by atoms with Gasteiger partial charge in [-0.2, -0.15) is 0 Å². The van der Waals surface area contributed by atoms with E-state index in [4.69, 9.17) is 5.73 Å². The monoisotopic (exact) mass is 181 g/mol. The molecule has 74 valence electrons. The van der Waals surface area contributed by atoms with Crippen LogP contribution in [0.3, 0.4) is 0 Å². The highest BCUT2D eigenvalue weighted by Crippen LogP contribution is 2.11. The molecule has 3 N–H and O–H groups in total. The number of hydrogen-bond acceptors (Lipinski definition) is 2. The largest absolute Gasteiger partial charge is 0.361 e. The minimum absolute atomic E-state index is 0.0825. The van der Waals surface area contributed by atoms with E-state index in [1.807, 2.05) is 12.3 Å². The smallest absolute Gasteiger partial charge is 0.105 e. The molecule has 0 saturated heterocycles. The van der Waals surface area contributed by atoms with Crippen molar-refractivity contribution < 1.29 is 0 Å². The van der Waals surface area contributed by atoms with Crippen molar-refractivity contribution in [2.75, 3.05) is 18.5 Å². The van der Waals surface area contributed by atoms with E-state index in [1.54, 1.807) is 0 Å². The number of aromatic amines is 1. The van der Waals surface area contributed by atoms with Gasteiger partial charge in [-0.25, -0.2) is 0 Å². The molecule has 3 nitrogen and oxygen atoms in total. The molecule has 0 spiro atoms. The van der Waals surface area contributed by atoms with Crippen LogP contribution in [-0.4, -0.2) is 24.1 Å². The number of rotatable bonds is 4. The normalized spacial score (nSPS) is 11.7. The first kappa shape index (κ1) is 10.1. The van der Waals surface area contributed by atoms with E-state index in [0.29, 0.717) is 0 Å². The van der Waals surface area contributed by atoms with Crippen molar-refractivity contribution >= 4 is 5.82 Å². The zero-order valence-corrected chi connectivity index (χ0v) is 8.67. The van der Waals surface area contributed by atoms with Gasteiger partial charge in [0.25, 0.3) is 0 Å². The van der Waals surface area contributed by atoms with Crippen molar-refractivity contribution in [2.24, 2.45) is 5.73 Å². The summed E-state index contributed by atoms with van der Waals surface area (Å²) >= 11 is 0. The van der Waals surface area contributed by atoms with E-state index in [1.165, 1.54) is 0 Å². The van der Waals surface area contributed by atoms with E-state index in [-0.39, 0.29) is 5.54 Å². The summed E-state index contributed by atoms with van der Waals surface area (Å²) in [5, 5.41) is 0. The lowest BCUT2D eigenvalue weighted by molar-refractivity contribution is 0.478. The van der Waals surface area contributed by atoms with Gasteiger partial charge in [0, 0.05) is 25.3 Å². The zero-order chi connectivity index (χ0) is 9.90. The molecular formula is C10H19N3. The van der Waals surface area contributed by atoms with Crippen molar-refractivity contribution in [3.05, 3.63) is 18.3 Å². The summed E-state index contributed by atoms with van der Waals surface area (Å²) in [6, 6.07) is 4.06. The number of nitrogens with two attached hydrogens (primary N) is 1. The lowest BCUT2D eigenvalue weighted by Gasteiger charge is -2.23. The maximum atomic E-state index is 5.90. The molecule has 0 aliphatic heterocycles. The van der Waals surface area contributed by atoms with Gasteiger partial charge in [-0.3, -0.25) is 0 Å². The van der Waals surface area contributed by atoms with Crippen LogP contribution >= 0.6 is 0 Å². The Morgan fingerprint density at radius 1 is 1.54 bits per heavy atom. The molecule has 0 fully saturated rings. The highest BCUT2D eigenvalue weighted by atomic mass is 15.2. The topological polar surface area (TPSA) is 45.0 Å². The molecule has 0 aliphatic carbocycles. The van der Waals surface area contributed by atoms with E-state index < -0.39 is 0 Å². The molecule has 3 heteroatoms. The Bertz CT molecular complexity index is 233. The SMILES string of the molecule is CN(CCC(C)(C)N)c1ccc[nH]1. The molecule has 1 rings (SSSR count). The van der Waals surface area contributed by atoms with Crippen LogP contribution in [0.25, 0.3) is 0 Å². The Kier molecular flexibility index (Phi) is 2.98. The summed E-state index contributed by atoms with van der Waals surface area (Å²) in [6.07, 6.45) is 2.92. The first-order valence-corrected chi connectivity index (χ1v) is 4.62. The predicted molar refractivity (Wildman–Crippen MR) is 56.9 cm³/mol. The average Bonchev–Trinajstić information content (AvgIpc) is 2.50. The first-order chi connectivity index (χ1) is 5.99. The lowest BCUT2D eigenvalue weighted by atomic mass is 10.0. The molecule has 0 bridgehead atoms. The number of aromatic nitrogens is 1. The molecule has 0 unspecified atom stereocenters. The van der Waals surface area contributed by atoms with Crippen molar-refractivity contribution in [1.82, 2.24) is 4.98 Å². The lowest BCUT2D eigenvalue weighted by Crippen LogP contribution is -2.36. The van der Waals surface area contributed by atoms with Gasteiger partial charge < -0.3 is 15.6 Å². The quantitative estimate of drug-likeness (QED) is 0.740. The second kappa shape index (κ2) is 3.83. The summed E-state index contributed by atoms with van der Waals surface area (Å²) in [6.45, 7) is 5.08. The van der Waals surface area contributed by atoms with Crippen LogP contribution in [0.1, 0.15) is 20.3 Å². The minimum atomic E-state index is -0.0825. The Hall–Kier alpha value is -0.960. The number of anilines is 1. The number of hydrogen-bond donors (Lipinski definition) is 2. The Balaban J connectivity index is 2.39. The summed E-state index contributed by atoms with van der Waals surface area (Å²) in [5.74, 6) is 1.14.